The van der Waals surface area contributed by atoms with Crippen molar-refractivity contribution in [2.75, 3.05) is 13.1 Å². The molecule has 1 heterocycles. The fourth-order valence-corrected chi connectivity index (χ4v) is 1.43. The van der Waals surface area contributed by atoms with Crippen LogP contribution in [0, 0.1) is 10.1 Å². The molecule has 1 atom stereocenters. The van der Waals surface area contributed by atoms with E-state index in [1.165, 1.54) is 16.9 Å². The van der Waals surface area contributed by atoms with Gasteiger partial charge in [-0.3, -0.25) is 4.79 Å². The first kappa shape index (κ1) is 14.1. The third kappa shape index (κ3) is 4.50. The minimum Gasteiger partial charge on any atom is -0.358 e. The lowest BCUT2D eigenvalue weighted by Crippen LogP contribution is -2.40. The topological polar surface area (TPSA) is 102 Å². The van der Waals surface area contributed by atoms with Crippen molar-refractivity contribution in [1.29, 1.82) is 0 Å². The maximum absolute atomic E-state index is 11.5. The summed E-state index contributed by atoms with van der Waals surface area (Å²) in [6, 6.07) is 1.44. The van der Waals surface area contributed by atoms with Crippen LogP contribution < -0.4 is 10.6 Å². The van der Waals surface area contributed by atoms with Crippen molar-refractivity contribution in [3.63, 3.8) is 0 Å². The Kier molecular flexibility index (Phi) is 5.25. The molecule has 0 aliphatic rings. The lowest BCUT2D eigenvalue weighted by molar-refractivity contribution is -0.389. The van der Waals surface area contributed by atoms with Crippen LogP contribution in [0.15, 0.2) is 12.3 Å². The molecule has 8 nitrogen and oxygen atoms in total. The van der Waals surface area contributed by atoms with Gasteiger partial charge in [0.1, 0.15) is 6.54 Å². The number of carbonyl (C=O) groups excluding carboxylic acids is 1. The Morgan fingerprint density at radius 2 is 2.39 bits per heavy atom. The predicted octanol–water partition coefficient (Wildman–Crippen LogP) is -0.0945. The molecule has 1 amide bonds. The quantitative estimate of drug-likeness (QED) is 0.523. The van der Waals surface area contributed by atoms with E-state index in [1.807, 2.05) is 13.8 Å². The van der Waals surface area contributed by atoms with Crippen LogP contribution in [0.3, 0.4) is 0 Å². The molecule has 0 fully saturated rings. The van der Waals surface area contributed by atoms with Crippen molar-refractivity contribution in [1.82, 2.24) is 20.4 Å². The van der Waals surface area contributed by atoms with Gasteiger partial charge >= 0.3 is 5.82 Å². The van der Waals surface area contributed by atoms with E-state index in [4.69, 9.17) is 0 Å². The van der Waals surface area contributed by atoms with Crippen LogP contribution in [-0.2, 0) is 11.3 Å². The molecule has 0 unspecified atom stereocenters. The maximum Gasteiger partial charge on any atom is 0.389 e. The van der Waals surface area contributed by atoms with Gasteiger partial charge in [-0.2, -0.15) is 4.68 Å². The molecule has 0 saturated carbocycles. The first-order chi connectivity index (χ1) is 8.52. The molecule has 1 aromatic rings. The third-order valence-electron chi connectivity index (χ3n) is 2.28. The van der Waals surface area contributed by atoms with Crippen molar-refractivity contribution in [3.8, 4) is 0 Å². The highest BCUT2D eigenvalue weighted by Crippen LogP contribution is 2.04. The first-order valence-electron chi connectivity index (χ1n) is 5.70. The number of nitrogens with one attached hydrogen (secondary N) is 2. The van der Waals surface area contributed by atoms with Crippen LogP contribution in [-0.4, -0.2) is 39.7 Å². The molecular formula is C10H17N5O3. The van der Waals surface area contributed by atoms with Crippen LogP contribution in [0.25, 0.3) is 0 Å². The Hall–Kier alpha value is -1.96. The zero-order valence-electron chi connectivity index (χ0n) is 10.4. The summed E-state index contributed by atoms with van der Waals surface area (Å²) < 4.78 is 1.24. The number of aromatic nitrogens is 2. The maximum atomic E-state index is 11.5. The van der Waals surface area contributed by atoms with Gasteiger partial charge in [-0.25, -0.2) is 0 Å². The Morgan fingerprint density at radius 1 is 1.67 bits per heavy atom. The van der Waals surface area contributed by atoms with Crippen LogP contribution in [0.4, 0.5) is 5.82 Å². The van der Waals surface area contributed by atoms with E-state index in [0.717, 1.165) is 6.54 Å². The minimum absolute atomic E-state index is 0.0211. The van der Waals surface area contributed by atoms with E-state index < -0.39 is 4.92 Å². The largest absolute Gasteiger partial charge is 0.389 e. The van der Waals surface area contributed by atoms with E-state index in [-0.39, 0.29) is 24.3 Å². The number of rotatable bonds is 7. The second-order valence-electron chi connectivity index (χ2n) is 3.89. The standard InChI is InChI=1S/C10H17N5O3/c1-3-11-8(2)6-12-10(16)7-14-5-4-9(13-14)15(17)18/h4-5,8,11H,3,6-7H2,1-2H3,(H,12,16)/t8-/m1/s1. The fourth-order valence-electron chi connectivity index (χ4n) is 1.43. The van der Waals surface area contributed by atoms with Gasteiger partial charge in [0.25, 0.3) is 0 Å². The number of carbonyl (C=O) groups is 1. The van der Waals surface area contributed by atoms with Gasteiger partial charge in [0, 0.05) is 12.6 Å². The molecule has 0 aliphatic carbocycles. The summed E-state index contributed by atoms with van der Waals surface area (Å²) in [6.45, 7) is 5.27. The molecule has 18 heavy (non-hydrogen) atoms. The highest BCUT2D eigenvalue weighted by Gasteiger charge is 2.13. The van der Waals surface area contributed by atoms with E-state index in [2.05, 4.69) is 15.7 Å². The summed E-state index contributed by atoms with van der Waals surface area (Å²) in [5.74, 6) is -0.485. The van der Waals surface area contributed by atoms with Crippen molar-refractivity contribution in [2.24, 2.45) is 0 Å². The zero-order chi connectivity index (χ0) is 13.5. The van der Waals surface area contributed by atoms with Crippen molar-refractivity contribution in [3.05, 3.63) is 22.4 Å². The molecule has 2 N–H and O–H groups in total. The predicted molar refractivity (Wildman–Crippen MR) is 65.0 cm³/mol. The normalized spacial score (nSPS) is 12.1. The number of likely N-dealkylation sites (N-methyl/N-ethyl adjacent to an activating group) is 1. The highest BCUT2D eigenvalue weighted by atomic mass is 16.6. The van der Waals surface area contributed by atoms with Crippen LogP contribution >= 0.6 is 0 Å². The van der Waals surface area contributed by atoms with Gasteiger partial charge in [0.15, 0.2) is 0 Å². The molecule has 0 saturated heterocycles. The average molecular weight is 255 g/mol. The van der Waals surface area contributed by atoms with E-state index in [0.29, 0.717) is 6.54 Å². The summed E-state index contributed by atoms with van der Waals surface area (Å²) in [4.78, 5) is 21.3. The lowest BCUT2D eigenvalue weighted by atomic mass is 10.3. The molecule has 1 aromatic heterocycles. The number of amides is 1. The summed E-state index contributed by atoms with van der Waals surface area (Å²) in [6.07, 6.45) is 1.41. The minimum atomic E-state index is -0.596. The Balaban J connectivity index is 2.37. The number of nitro groups is 1. The van der Waals surface area contributed by atoms with Gasteiger partial charge in [0.05, 0.1) is 17.4 Å². The average Bonchev–Trinajstić information content (AvgIpc) is 2.75. The molecule has 8 heteroatoms. The lowest BCUT2D eigenvalue weighted by Gasteiger charge is -2.12. The van der Waals surface area contributed by atoms with Crippen LogP contribution in [0.1, 0.15) is 13.8 Å². The second-order valence-corrected chi connectivity index (χ2v) is 3.89. The fraction of sp³-hybridized carbons (Fsp3) is 0.600. The molecule has 0 bridgehead atoms. The van der Waals surface area contributed by atoms with E-state index in [9.17, 15) is 14.9 Å². The molecule has 0 aromatic carbocycles. The van der Waals surface area contributed by atoms with Gasteiger partial charge in [-0.05, 0) is 18.4 Å². The molecule has 100 valence electrons. The number of hydrogen-bond donors (Lipinski definition) is 2. The van der Waals surface area contributed by atoms with Gasteiger partial charge < -0.3 is 20.7 Å². The Labute approximate surface area is 105 Å². The summed E-state index contributed by atoms with van der Waals surface area (Å²) in [5.41, 5.74) is 0. The molecule has 0 radical (unpaired) electrons. The Bertz CT molecular complexity index is 417. The number of nitrogens with zero attached hydrogens (tertiary/aromatic N) is 3. The zero-order valence-corrected chi connectivity index (χ0v) is 10.4. The molecule has 0 aliphatic heterocycles. The first-order valence-corrected chi connectivity index (χ1v) is 5.70. The van der Waals surface area contributed by atoms with Gasteiger partial charge in [-0.1, -0.05) is 6.92 Å². The van der Waals surface area contributed by atoms with E-state index >= 15 is 0 Å². The monoisotopic (exact) mass is 255 g/mol. The van der Waals surface area contributed by atoms with Crippen LogP contribution in [0.5, 0.6) is 0 Å². The third-order valence-corrected chi connectivity index (χ3v) is 2.28. The van der Waals surface area contributed by atoms with Gasteiger partial charge in [0.2, 0.25) is 5.91 Å². The van der Waals surface area contributed by atoms with Gasteiger partial charge in [-0.15, -0.1) is 0 Å². The summed E-state index contributed by atoms with van der Waals surface area (Å²) in [5, 5.41) is 19.9. The van der Waals surface area contributed by atoms with Crippen molar-refractivity contribution >= 4 is 11.7 Å². The molecule has 1 rings (SSSR count). The SMILES string of the molecule is CCN[C@H](C)CNC(=O)Cn1ccc([N+](=O)[O-])n1. The molecule has 0 spiro atoms. The summed E-state index contributed by atoms with van der Waals surface area (Å²) in [7, 11) is 0. The van der Waals surface area contributed by atoms with Crippen molar-refractivity contribution < 1.29 is 9.72 Å². The van der Waals surface area contributed by atoms with Crippen molar-refractivity contribution in [2.45, 2.75) is 26.4 Å². The smallest absolute Gasteiger partial charge is 0.358 e. The van der Waals surface area contributed by atoms with Crippen LogP contribution in [0.2, 0.25) is 0 Å². The second kappa shape index (κ2) is 6.70. The number of hydrogen-bond acceptors (Lipinski definition) is 5. The van der Waals surface area contributed by atoms with E-state index in [1.54, 1.807) is 0 Å². The Morgan fingerprint density at radius 3 is 2.94 bits per heavy atom. The highest BCUT2D eigenvalue weighted by molar-refractivity contribution is 5.75. The summed E-state index contributed by atoms with van der Waals surface area (Å²) >= 11 is 0. The molecular weight excluding hydrogens is 238 g/mol.